The molecule has 3 heterocycles. The number of ether oxygens (including phenoxy) is 2. The van der Waals surface area contributed by atoms with E-state index in [0.717, 1.165) is 59.9 Å². The lowest BCUT2D eigenvalue weighted by molar-refractivity contribution is -0.143. The minimum absolute atomic E-state index is 0. The van der Waals surface area contributed by atoms with Gasteiger partial charge < -0.3 is 89.0 Å². The average Bonchev–Trinajstić information content (AvgIpc) is 1.04. The molecule has 2 aromatic heterocycles. The SMILES string of the molecule is C.CC(=O)C(CCN(C(C)C)C(C)C)(c1ccccc1)c1ccccn1.CC(=O)C[C@@H](NC(=O)[C@@H](N)CCCN)C(=O)O.CC(=O)Cc1ccc(OCC(O)NC(C)C)cc1.CC(=O)[C@H](CCCN)NC(=O)[C@@H](N)CC(=O)O.CC(=O)c1cc(C(O)CCC(C)CCc2ccccc2)ccc1O.CC(=O)c1ncn([C@@H]2O[C@H](CO)[C@@H](O)[C@H]2O)c1O. The number of phenolic OH excluding ortho intramolecular Hbond substituents is 1. The van der Waals surface area contributed by atoms with E-state index in [9.17, 15) is 78.6 Å². The molecular weight excluding hydrogens is 1550 g/mol. The van der Waals surface area contributed by atoms with Crippen LogP contribution in [0, 0.1) is 5.92 Å². The number of aromatic hydroxyl groups is 2. The number of carboxylic acid groups (broad SMARTS) is 2. The molecule has 1 aliphatic heterocycles. The Morgan fingerprint density at radius 2 is 1.22 bits per heavy atom. The first kappa shape index (κ1) is 108. The van der Waals surface area contributed by atoms with E-state index < -0.39 is 115 Å². The Kier molecular flexibility index (Phi) is 50.9. The molecule has 0 radical (unpaired) electrons. The number of aliphatic hydroxyl groups is 5. The number of carbonyl (C=O) groups excluding carboxylic acids is 8. The molecule has 4 unspecified atom stereocenters. The monoisotopic (exact) mass is 1680 g/mol. The second-order valence-corrected chi connectivity index (χ2v) is 30.2. The van der Waals surface area contributed by atoms with Crippen LogP contribution < -0.4 is 43.6 Å². The molecule has 0 aliphatic carbocycles. The Hall–Kier alpha value is -9.94. The summed E-state index contributed by atoms with van der Waals surface area (Å²) < 4.78 is 11.7. The highest BCUT2D eigenvalue weighted by Crippen LogP contribution is 2.37. The van der Waals surface area contributed by atoms with Crippen molar-refractivity contribution >= 4 is 58.5 Å². The number of carboxylic acids is 2. The van der Waals surface area contributed by atoms with Crippen LogP contribution >= 0.6 is 0 Å². The van der Waals surface area contributed by atoms with Crippen molar-refractivity contribution in [3.05, 3.63) is 173 Å². The third-order valence-corrected chi connectivity index (χ3v) is 19.1. The molecule has 2 amide bonds. The molecule has 12 atom stereocenters. The van der Waals surface area contributed by atoms with Crippen molar-refractivity contribution in [1.82, 2.24) is 35.4 Å². The quantitative estimate of drug-likeness (QED) is 0.0137. The Bertz CT molecular complexity index is 4010. The number of rotatable bonds is 42. The number of imidazole rings is 1. The third-order valence-electron chi connectivity index (χ3n) is 19.1. The molecule has 32 nitrogen and oxygen atoms in total. The Morgan fingerprint density at radius 3 is 1.70 bits per heavy atom. The lowest BCUT2D eigenvalue weighted by Crippen LogP contribution is -2.49. The predicted octanol–water partition coefficient (Wildman–Crippen LogP) is 6.90. The first-order chi connectivity index (χ1) is 56.1. The topological polar surface area (TPSA) is 545 Å². The van der Waals surface area contributed by atoms with E-state index in [1.807, 2.05) is 80.6 Å². The Morgan fingerprint density at radius 1 is 0.642 bits per heavy atom. The lowest BCUT2D eigenvalue weighted by atomic mass is 9.71. The number of pyridine rings is 1. The molecular formula is C88H133N11O21. The maximum absolute atomic E-state index is 13.0. The number of carbonyl (C=O) groups is 10. The van der Waals surface area contributed by atoms with Crippen molar-refractivity contribution in [2.45, 2.75) is 259 Å². The van der Waals surface area contributed by atoms with Gasteiger partial charge in [0.2, 0.25) is 17.7 Å². The van der Waals surface area contributed by atoms with E-state index >= 15 is 0 Å². The Balaban J connectivity index is 0.000000725. The number of phenols is 1. The van der Waals surface area contributed by atoms with Crippen LogP contribution in [0.2, 0.25) is 0 Å². The van der Waals surface area contributed by atoms with Crippen LogP contribution in [-0.2, 0) is 61.3 Å². The zero-order valence-electron chi connectivity index (χ0n) is 70.8. The number of nitrogens with one attached hydrogen (secondary N) is 3. The highest BCUT2D eigenvalue weighted by atomic mass is 16.6. The Labute approximate surface area is 705 Å². The van der Waals surface area contributed by atoms with Crippen LogP contribution in [0.4, 0.5) is 0 Å². The largest absolute Gasteiger partial charge is 0.507 e. The van der Waals surface area contributed by atoms with Gasteiger partial charge in [-0.2, -0.15) is 0 Å². The zero-order chi connectivity index (χ0) is 89.8. The fourth-order valence-corrected chi connectivity index (χ4v) is 12.6. The molecule has 1 fully saturated rings. The summed E-state index contributed by atoms with van der Waals surface area (Å²) in [7, 11) is 0. The summed E-state index contributed by atoms with van der Waals surface area (Å²) in [6, 6.07) is 35.7. The van der Waals surface area contributed by atoms with Crippen molar-refractivity contribution in [1.29, 1.82) is 0 Å². The number of Topliss-reactive ketones (excluding diaryl/α,β-unsaturated/α-hetero) is 6. The van der Waals surface area contributed by atoms with Gasteiger partial charge in [-0.05, 0) is 212 Å². The molecule has 4 aromatic carbocycles. The average molecular weight is 1680 g/mol. The minimum Gasteiger partial charge on any atom is -0.507 e. The maximum Gasteiger partial charge on any atom is 0.326 e. The van der Waals surface area contributed by atoms with Crippen molar-refractivity contribution in [3.8, 4) is 17.4 Å². The van der Waals surface area contributed by atoms with E-state index in [2.05, 4.69) is 89.7 Å². The number of hydrogen-bond donors (Lipinski definition) is 16. The summed E-state index contributed by atoms with van der Waals surface area (Å²) in [6.45, 7) is 24.9. The summed E-state index contributed by atoms with van der Waals surface area (Å²) in [4.78, 5) is 123. The maximum atomic E-state index is 13.0. The van der Waals surface area contributed by atoms with Gasteiger partial charge in [0.1, 0.15) is 72.4 Å². The van der Waals surface area contributed by atoms with Gasteiger partial charge in [0.25, 0.3) is 0 Å². The van der Waals surface area contributed by atoms with E-state index in [1.165, 1.54) is 39.3 Å². The van der Waals surface area contributed by atoms with Gasteiger partial charge >= 0.3 is 11.9 Å². The first-order valence-corrected chi connectivity index (χ1v) is 39.9. The van der Waals surface area contributed by atoms with Crippen LogP contribution in [0.25, 0.3) is 0 Å². The van der Waals surface area contributed by atoms with Gasteiger partial charge in [0.15, 0.2) is 29.3 Å². The first-order valence-electron chi connectivity index (χ1n) is 39.9. The number of aliphatic hydroxyl groups excluding tert-OH is 5. The van der Waals surface area contributed by atoms with Crippen LogP contribution in [-0.4, -0.2) is 224 Å². The van der Waals surface area contributed by atoms with Gasteiger partial charge in [-0.25, -0.2) is 9.78 Å². The third kappa shape index (κ3) is 38.6. The molecule has 6 aromatic rings. The fraction of sp³-hybridized carbons (Fsp3) is 0.523. The molecule has 0 spiro atoms. The van der Waals surface area contributed by atoms with Crippen LogP contribution in [0.1, 0.15) is 223 Å². The normalized spacial score (nSPS) is 16.2. The number of nitrogens with zero attached hydrogens (tertiary/aromatic N) is 4. The van der Waals surface area contributed by atoms with Crippen molar-refractivity contribution < 1.29 is 103 Å². The number of benzene rings is 4. The molecule has 20 N–H and O–H groups in total. The van der Waals surface area contributed by atoms with E-state index in [-0.39, 0.29) is 72.4 Å². The smallest absolute Gasteiger partial charge is 0.326 e. The second-order valence-electron chi connectivity index (χ2n) is 30.2. The summed E-state index contributed by atoms with van der Waals surface area (Å²) in [5.41, 5.74) is 25.7. The summed E-state index contributed by atoms with van der Waals surface area (Å²) in [5, 5.41) is 92.5. The van der Waals surface area contributed by atoms with Crippen LogP contribution in [0.15, 0.2) is 134 Å². The number of ketones is 6. The number of amides is 2. The molecule has 7 rings (SSSR count). The van der Waals surface area contributed by atoms with E-state index in [0.29, 0.717) is 80.9 Å². The van der Waals surface area contributed by atoms with Crippen molar-refractivity contribution in [3.63, 3.8) is 0 Å². The van der Waals surface area contributed by atoms with Crippen LogP contribution in [0.5, 0.6) is 17.4 Å². The molecule has 1 saturated heterocycles. The lowest BCUT2D eigenvalue weighted by Gasteiger charge is -2.37. The van der Waals surface area contributed by atoms with Crippen LogP contribution in [0.3, 0.4) is 0 Å². The number of hydrogen-bond acceptors (Lipinski definition) is 27. The van der Waals surface area contributed by atoms with Gasteiger partial charge in [-0.1, -0.05) is 99.3 Å². The number of aromatic nitrogens is 3. The molecule has 0 saturated carbocycles. The van der Waals surface area contributed by atoms with Crippen molar-refractivity contribution in [2.24, 2.45) is 28.9 Å². The second kappa shape index (κ2) is 56.6. The summed E-state index contributed by atoms with van der Waals surface area (Å²) in [5.74, 6) is -3.75. The molecule has 666 valence electrons. The van der Waals surface area contributed by atoms with Gasteiger partial charge in [0.05, 0.1) is 53.9 Å². The summed E-state index contributed by atoms with van der Waals surface area (Å²) in [6.07, 6.45) is 3.11. The van der Waals surface area contributed by atoms with Gasteiger partial charge in [-0.15, -0.1) is 0 Å². The van der Waals surface area contributed by atoms with E-state index in [4.69, 9.17) is 47.7 Å². The molecule has 0 bridgehead atoms. The highest BCUT2D eigenvalue weighted by molar-refractivity contribution is 5.97. The predicted molar refractivity (Wildman–Crippen MR) is 456 cm³/mol. The zero-order valence-corrected chi connectivity index (χ0v) is 70.8. The van der Waals surface area contributed by atoms with Gasteiger partial charge in [0, 0.05) is 50.6 Å². The van der Waals surface area contributed by atoms with E-state index in [1.54, 1.807) is 44.3 Å². The molecule has 120 heavy (non-hydrogen) atoms. The van der Waals surface area contributed by atoms with Gasteiger partial charge in [-0.3, -0.25) is 62.9 Å². The number of aliphatic carboxylic acids is 2. The molecule has 32 heteroatoms. The molecule has 1 aliphatic rings. The minimum atomic E-state index is -1.33. The highest BCUT2D eigenvalue weighted by Gasteiger charge is 2.45. The fourth-order valence-electron chi connectivity index (χ4n) is 12.6. The number of aryl methyl sites for hydroxylation is 1. The standard InChI is InChI=1S/C22H30N2O.C21H26O3.C14H21NO3.2C10H19N3O4.C10H14N2O6.CH4/c1-17(2)24(18(3)4)16-14-22(19(5)25,20-11-7-6-8-12-20)21-13-9-10-15-23-21;1-15(8-10-17-6-4-3-5-7-17)9-12-20(23)18-11-13-21(24)19(14-18)16(2)22;1-10(2)15-14(17)9-18-13-6-4-12(5-7-13)8-11(3)16;1-6(14)8(3-2-4-11)13-10(17)7(12)5-9(15)16;1-6(14)5-8(10(16)17)13-9(15)7(12)3-2-4-11;1-4(14)6-9(17)12(3-11-6)10-8(16)7(15)5(2-13)18-10;/h6-13,15,17-18H,14,16H2,1-5H3;3-7,11,13-15,20,23-24H,8-10,12H2,1-2H3;4-7,10,14-15,17H,8-9H2,1-3H3;7-8H,2-5,11-12H2,1H3,(H,13,17)(H,15,16);7-8H,2-5,11-12H2,1H3,(H,13,15)(H,16,17);3,5,7-8,10,13,15-17H,2H2,1H3;1H4/t;;;7-,8-;7-,8+;5-,7-,8-,10-;/m...001./s1. The van der Waals surface area contributed by atoms with Crippen molar-refractivity contribution in [2.75, 3.05) is 32.8 Å². The number of nitrogens with two attached hydrogens (primary N) is 4. The summed E-state index contributed by atoms with van der Waals surface area (Å²) >= 11 is 0.